The lowest BCUT2D eigenvalue weighted by Crippen LogP contribution is -2.33. The van der Waals surface area contributed by atoms with Crippen molar-refractivity contribution < 1.29 is 98.3 Å². The van der Waals surface area contributed by atoms with E-state index in [4.69, 9.17) is 18.9 Å². The van der Waals surface area contributed by atoms with Crippen molar-refractivity contribution in [2.24, 2.45) is 0 Å². The molecule has 2 aliphatic rings. The molecule has 78 heavy (non-hydrogen) atoms. The van der Waals surface area contributed by atoms with Crippen LogP contribution in [0.25, 0.3) is 21.5 Å². The number of aliphatic carboxylic acids is 1. The molecule has 0 spiro atoms. The number of unbranched alkanes of at least 4 members (excludes halogenated alkanes) is 2. The SMILES string of the molecule is COCCOCCC1(C)C(=CC=CC=CC2=[N+](CCCS(=O)(=O)O)c3ccc4c(S(=O)(=O)O)cc(S(=O)(=O)O)cc4c3C2(C)CCOCCOC)N(CCCCCC(=O)O)c2ccc3c(S(=O)(=O)O)cc(S(=O)(=O)O)cc3c21. The fraction of sp³-hybridized carbons (Fsp3) is 0.440. The van der Waals surface area contributed by atoms with E-state index in [9.17, 15) is 74.8 Å². The Morgan fingerprint density at radius 3 is 1.65 bits per heavy atom. The lowest BCUT2D eigenvalue weighted by molar-refractivity contribution is -0.437. The Morgan fingerprint density at radius 2 is 1.14 bits per heavy atom. The third-order valence-electron chi connectivity index (χ3n) is 13.8. The van der Waals surface area contributed by atoms with Crippen LogP contribution in [-0.4, -0.2) is 159 Å². The maximum Gasteiger partial charge on any atom is 0.303 e. The molecule has 0 saturated carbocycles. The van der Waals surface area contributed by atoms with E-state index in [2.05, 4.69) is 0 Å². The summed E-state index contributed by atoms with van der Waals surface area (Å²) >= 11 is 0. The molecular formula is C50H63N2O21S5+. The molecule has 0 fully saturated rings. The van der Waals surface area contributed by atoms with Gasteiger partial charge in [-0.1, -0.05) is 30.7 Å². The normalized spacial score (nSPS) is 18.9. The van der Waals surface area contributed by atoms with Gasteiger partial charge in [0.1, 0.15) is 16.3 Å². The van der Waals surface area contributed by atoms with Crippen LogP contribution in [0.15, 0.2) is 104 Å². The van der Waals surface area contributed by atoms with E-state index in [1.165, 1.54) is 32.4 Å². The molecule has 2 unspecified atom stereocenters. The van der Waals surface area contributed by atoms with Crippen molar-refractivity contribution in [1.82, 2.24) is 0 Å². The number of nitrogens with zero attached hydrogens (tertiary/aromatic N) is 2. The standard InChI is InChI=1S/C50H62N2O21S5/c1-49(19-23-72-27-25-70-3)44(51(21-10-6-9-14-46(53)54)40-17-15-36-38(47(40)49)30-34(75(58,59)60)32-42(36)77(64,65)66)12-7-5-8-13-45-50(2,20-24-73-28-26-71-4)48-39-31-35(76(61,62)63)33-43(78(67,68)69)37(39)16-18-41(48)52(45)22-11-29-74(55,56)57/h5,7-8,12-13,15-18,30-33H,6,9-11,14,19-29H2,1-4H3,(H5-,53,54,55,56,57,58,59,60,61,62,63,64,65,66,67,68,69)/p+1. The molecule has 2 atom stereocenters. The lowest BCUT2D eigenvalue weighted by Gasteiger charge is -2.31. The van der Waals surface area contributed by atoms with Crippen LogP contribution < -0.4 is 4.90 Å². The van der Waals surface area contributed by atoms with Gasteiger partial charge in [-0.15, -0.1) is 0 Å². The van der Waals surface area contributed by atoms with Crippen LogP contribution in [0.5, 0.6) is 0 Å². The van der Waals surface area contributed by atoms with Crippen molar-refractivity contribution in [1.29, 1.82) is 0 Å². The van der Waals surface area contributed by atoms with Gasteiger partial charge in [0.25, 0.3) is 50.6 Å². The molecule has 0 aliphatic carbocycles. The summed E-state index contributed by atoms with van der Waals surface area (Å²) < 4.78 is 201. The van der Waals surface area contributed by atoms with Crippen molar-refractivity contribution >= 4 is 95.2 Å². The first-order chi connectivity index (χ1) is 36.4. The zero-order valence-electron chi connectivity index (χ0n) is 43.1. The van der Waals surface area contributed by atoms with Crippen LogP contribution in [-0.2, 0) is 85.2 Å². The Morgan fingerprint density at radius 1 is 0.603 bits per heavy atom. The minimum atomic E-state index is -5.12. The van der Waals surface area contributed by atoms with E-state index < -0.39 is 92.7 Å². The summed E-state index contributed by atoms with van der Waals surface area (Å²) in [5, 5.41) is 9.27. The highest BCUT2D eigenvalue weighted by Gasteiger charge is 2.49. The number of carboxylic acids is 1. The number of benzene rings is 4. The molecule has 0 saturated heterocycles. The third kappa shape index (κ3) is 14.3. The van der Waals surface area contributed by atoms with Gasteiger partial charge in [-0.2, -0.15) is 46.7 Å². The zero-order valence-corrected chi connectivity index (χ0v) is 47.1. The van der Waals surface area contributed by atoms with Crippen molar-refractivity contribution in [2.45, 2.75) is 89.2 Å². The van der Waals surface area contributed by atoms with Crippen molar-refractivity contribution in [3.63, 3.8) is 0 Å². The predicted octanol–water partition coefficient (Wildman–Crippen LogP) is 6.14. The van der Waals surface area contributed by atoms with E-state index in [1.807, 2.05) is 11.8 Å². The minimum Gasteiger partial charge on any atom is -0.481 e. The number of hydrogen-bond donors (Lipinski definition) is 6. The van der Waals surface area contributed by atoms with Crippen LogP contribution in [0.4, 0.5) is 11.4 Å². The Bertz CT molecular complexity index is 3670. The molecule has 23 nitrogen and oxygen atoms in total. The summed E-state index contributed by atoms with van der Waals surface area (Å²) in [6.45, 7) is 4.79. The van der Waals surface area contributed by atoms with Crippen molar-refractivity contribution in [3.8, 4) is 0 Å². The number of fused-ring (bicyclic) bond motifs is 6. The highest BCUT2D eigenvalue weighted by Crippen LogP contribution is 2.54. The zero-order chi connectivity index (χ0) is 57.6. The summed E-state index contributed by atoms with van der Waals surface area (Å²) in [7, 11) is -21.8. The predicted molar refractivity (Wildman–Crippen MR) is 287 cm³/mol. The second-order valence-corrected chi connectivity index (χ2v) is 26.3. The summed E-state index contributed by atoms with van der Waals surface area (Å²) in [6, 6.07) is 9.39. The average molecular weight is 1190 g/mol. The number of hydrogen-bond acceptors (Lipinski definition) is 16. The number of anilines is 1. The smallest absolute Gasteiger partial charge is 0.303 e. The Labute approximate surface area is 453 Å². The first-order valence-electron chi connectivity index (χ1n) is 24.3. The number of rotatable bonds is 29. The van der Waals surface area contributed by atoms with Gasteiger partial charge in [-0.25, -0.2) is 0 Å². The van der Waals surface area contributed by atoms with Gasteiger partial charge in [0.05, 0.1) is 47.4 Å². The second-order valence-electron chi connectivity index (χ2n) is 19.1. The molecule has 6 rings (SSSR count). The number of methoxy groups -OCH3 is 2. The molecule has 2 heterocycles. The maximum absolute atomic E-state index is 12.9. The second kappa shape index (κ2) is 24.8. The van der Waals surface area contributed by atoms with Gasteiger partial charge in [0, 0.05) is 92.1 Å². The number of allylic oxidation sites excluding steroid dienone is 6. The monoisotopic (exact) mass is 1190 g/mol. The van der Waals surface area contributed by atoms with Crippen LogP contribution in [0.3, 0.4) is 0 Å². The van der Waals surface area contributed by atoms with Gasteiger partial charge >= 0.3 is 5.97 Å². The van der Waals surface area contributed by atoms with Gasteiger partial charge in [0.15, 0.2) is 5.71 Å². The fourth-order valence-electron chi connectivity index (χ4n) is 10.2. The van der Waals surface area contributed by atoms with Crippen LogP contribution in [0.1, 0.15) is 69.9 Å². The quantitative estimate of drug-likeness (QED) is 0.0154. The highest BCUT2D eigenvalue weighted by atomic mass is 32.2. The molecule has 428 valence electrons. The number of carbonyl (C=O) groups is 1. The van der Waals surface area contributed by atoms with E-state index in [1.54, 1.807) is 47.9 Å². The molecular weight excluding hydrogens is 1120 g/mol. The molecule has 4 aromatic carbocycles. The largest absolute Gasteiger partial charge is 0.481 e. The summed E-state index contributed by atoms with van der Waals surface area (Å²) in [5.74, 6) is -1.63. The van der Waals surface area contributed by atoms with Crippen molar-refractivity contribution in [2.75, 3.05) is 77.6 Å². The van der Waals surface area contributed by atoms with E-state index in [0.717, 1.165) is 12.1 Å². The van der Waals surface area contributed by atoms with Gasteiger partial charge in [0.2, 0.25) is 5.69 Å². The van der Waals surface area contributed by atoms with E-state index in [0.29, 0.717) is 65.3 Å². The van der Waals surface area contributed by atoms with Crippen molar-refractivity contribution in [3.05, 3.63) is 95.7 Å². The summed E-state index contributed by atoms with van der Waals surface area (Å²) in [5.41, 5.74) is 0.290. The molecule has 0 bridgehead atoms. The average Bonchev–Trinajstić information content (AvgIpc) is 3.73. The molecule has 0 amide bonds. The molecule has 28 heteroatoms. The van der Waals surface area contributed by atoms with Gasteiger partial charge in [-0.3, -0.25) is 27.6 Å². The first-order valence-corrected chi connectivity index (χ1v) is 31.7. The summed E-state index contributed by atoms with van der Waals surface area (Å²) in [6.07, 6.45) is 9.81. The Hall–Kier alpha value is -5.05. The minimum absolute atomic E-state index is 0.00683. The first kappa shape index (κ1) is 62.2. The Balaban J connectivity index is 1.57. The fourth-order valence-corrected chi connectivity index (χ4v) is 13.4. The third-order valence-corrected chi connectivity index (χ3v) is 18.0. The summed E-state index contributed by atoms with van der Waals surface area (Å²) in [4.78, 5) is 10.1. The highest BCUT2D eigenvalue weighted by molar-refractivity contribution is 7.87. The molecule has 4 aromatic rings. The van der Waals surface area contributed by atoms with Gasteiger partial charge < -0.3 is 29.0 Å². The molecule has 2 aliphatic heterocycles. The topological polar surface area (TPSA) is 352 Å². The number of ether oxygens (including phenoxy) is 4. The Kier molecular flexibility index (Phi) is 19.7. The molecule has 0 radical (unpaired) electrons. The number of carboxylic acid groups (broad SMARTS) is 1. The van der Waals surface area contributed by atoms with E-state index >= 15 is 0 Å². The van der Waals surface area contributed by atoms with Gasteiger partial charge in [-0.05, 0) is 98.3 Å². The molecule has 0 aromatic heterocycles. The van der Waals surface area contributed by atoms with Crippen LogP contribution in [0, 0.1) is 0 Å². The van der Waals surface area contributed by atoms with Crippen LogP contribution >= 0.6 is 0 Å². The van der Waals surface area contributed by atoms with E-state index in [-0.39, 0.29) is 100.0 Å². The molecule has 6 N–H and O–H groups in total. The lowest BCUT2D eigenvalue weighted by atomic mass is 9.75. The van der Waals surface area contributed by atoms with Crippen LogP contribution in [0.2, 0.25) is 0 Å². The maximum atomic E-state index is 12.9.